The number of allylic oxidation sites excluding steroid dienone is 1. The normalized spacial score (nSPS) is 18.4. The molecule has 0 bridgehead atoms. The first kappa shape index (κ1) is 12.1. The van der Waals surface area contributed by atoms with Gasteiger partial charge in [0, 0.05) is 6.42 Å². The van der Waals surface area contributed by atoms with Crippen LogP contribution in [-0.2, 0) is 4.79 Å². The molecule has 2 rings (SSSR count). The van der Waals surface area contributed by atoms with Gasteiger partial charge in [0.05, 0.1) is 6.10 Å². The highest BCUT2D eigenvalue weighted by atomic mass is 16.3. The molecule has 1 aliphatic carbocycles. The summed E-state index contributed by atoms with van der Waals surface area (Å²) in [6.45, 7) is 0. The first-order chi connectivity index (χ1) is 8.25. The average Bonchev–Trinajstić information content (AvgIpc) is 2.55. The number of carbonyl (C=O) groups excluding carboxylic acids is 1. The van der Waals surface area contributed by atoms with Crippen molar-refractivity contribution in [2.75, 3.05) is 0 Å². The van der Waals surface area contributed by atoms with Crippen LogP contribution in [0.15, 0.2) is 42.0 Å². The Labute approximate surface area is 102 Å². The largest absolute Gasteiger partial charge is 0.388 e. The van der Waals surface area contributed by atoms with Crippen molar-refractivity contribution in [3.63, 3.8) is 0 Å². The fourth-order valence-electron chi connectivity index (χ4n) is 2.23. The molecular weight excluding hydrogens is 212 g/mol. The van der Waals surface area contributed by atoms with Crippen molar-refractivity contribution in [2.24, 2.45) is 0 Å². The standard InChI is InChI=1S/C15H18O2/c16-14-9-5-4-6-12(10-14)11-15(17)13-7-2-1-3-8-13/h1-3,7-8,10,15,17H,4-6,9,11H2/t15-/m1/s1. The molecule has 0 amide bonds. The Hall–Kier alpha value is -1.41. The smallest absolute Gasteiger partial charge is 0.155 e. The highest BCUT2D eigenvalue weighted by Crippen LogP contribution is 2.25. The molecule has 1 N–H and O–H groups in total. The molecule has 0 heterocycles. The molecule has 1 atom stereocenters. The van der Waals surface area contributed by atoms with E-state index in [0.29, 0.717) is 12.8 Å². The SMILES string of the molecule is O=C1C=C(C[C@@H](O)c2ccccc2)CCCC1. The van der Waals surface area contributed by atoms with Crippen LogP contribution in [0.2, 0.25) is 0 Å². The van der Waals surface area contributed by atoms with E-state index in [4.69, 9.17) is 0 Å². The molecule has 0 saturated heterocycles. The molecule has 90 valence electrons. The first-order valence-electron chi connectivity index (χ1n) is 6.21. The molecule has 1 aromatic rings. The minimum absolute atomic E-state index is 0.206. The number of hydrogen-bond donors (Lipinski definition) is 1. The molecule has 0 saturated carbocycles. The Morgan fingerprint density at radius 3 is 2.59 bits per heavy atom. The van der Waals surface area contributed by atoms with Crippen molar-refractivity contribution in [2.45, 2.75) is 38.2 Å². The lowest BCUT2D eigenvalue weighted by Crippen LogP contribution is -2.00. The number of ketones is 1. The minimum Gasteiger partial charge on any atom is -0.388 e. The second-order valence-corrected chi connectivity index (χ2v) is 4.61. The van der Waals surface area contributed by atoms with Gasteiger partial charge in [-0.1, -0.05) is 35.9 Å². The summed E-state index contributed by atoms with van der Waals surface area (Å²) in [7, 11) is 0. The highest BCUT2D eigenvalue weighted by molar-refractivity contribution is 5.90. The molecule has 0 spiro atoms. The maximum atomic E-state index is 11.5. The van der Waals surface area contributed by atoms with Crippen LogP contribution in [0.3, 0.4) is 0 Å². The van der Waals surface area contributed by atoms with Crippen LogP contribution < -0.4 is 0 Å². The predicted molar refractivity (Wildman–Crippen MR) is 67.6 cm³/mol. The Kier molecular flexibility index (Phi) is 4.10. The van der Waals surface area contributed by atoms with Gasteiger partial charge < -0.3 is 5.11 Å². The Balaban J connectivity index is 2.03. The quantitative estimate of drug-likeness (QED) is 0.866. The van der Waals surface area contributed by atoms with Crippen LogP contribution >= 0.6 is 0 Å². The summed E-state index contributed by atoms with van der Waals surface area (Å²) >= 11 is 0. The van der Waals surface area contributed by atoms with Gasteiger partial charge in [0.25, 0.3) is 0 Å². The molecule has 2 heteroatoms. The maximum absolute atomic E-state index is 11.5. The van der Waals surface area contributed by atoms with Crippen LogP contribution in [0.5, 0.6) is 0 Å². The zero-order chi connectivity index (χ0) is 12.1. The third-order valence-corrected chi connectivity index (χ3v) is 3.18. The monoisotopic (exact) mass is 230 g/mol. The van der Waals surface area contributed by atoms with Crippen LogP contribution in [-0.4, -0.2) is 10.9 Å². The van der Waals surface area contributed by atoms with E-state index in [-0.39, 0.29) is 5.78 Å². The molecule has 0 fully saturated rings. The molecule has 17 heavy (non-hydrogen) atoms. The molecule has 1 aromatic carbocycles. The predicted octanol–water partition coefficient (Wildman–Crippen LogP) is 3.18. The summed E-state index contributed by atoms with van der Waals surface area (Å²) < 4.78 is 0. The topological polar surface area (TPSA) is 37.3 Å². The van der Waals surface area contributed by atoms with Gasteiger partial charge in [-0.25, -0.2) is 0 Å². The molecular formula is C15H18O2. The van der Waals surface area contributed by atoms with Crippen LogP contribution in [0.1, 0.15) is 43.8 Å². The lowest BCUT2D eigenvalue weighted by molar-refractivity contribution is -0.114. The van der Waals surface area contributed by atoms with Gasteiger partial charge in [-0.2, -0.15) is 0 Å². The fourth-order valence-corrected chi connectivity index (χ4v) is 2.23. The fraction of sp³-hybridized carbons (Fsp3) is 0.400. The van der Waals surface area contributed by atoms with E-state index in [2.05, 4.69) is 0 Å². The number of aliphatic hydroxyl groups is 1. The van der Waals surface area contributed by atoms with Crippen molar-refractivity contribution < 1.29 is 9.90 Å². The van der Waals surface area contributed by atoms with Crippen LogP contribution in [0, 0.1) is 0 Å². The summed E-state index contributed by atoms with van der Waals surface area (Å²) in [5, 5.41) is 10.1. The van der Waals surface area contributed by atoms with Crippen LogP contribution in [0.4, 0.5) is 0 Å². The molecule has 1 aliphatic rings. The molecule has 2 nitrogen and oxygen atoms in total. The number of benzene rings is 1. The second kappa shape index (κ2) is 5.78. The van der Waals surface area contributed by atoms with Gasteiger partial charge in [0.15, 0.2) is 5.78 Å². The lowest BCUT2D eigenvalue weighted by Gasteiger charge is -2.12. The zero-order valence-electron chi connectivity index (χ0n) is 9.93. The summed E-state index contributed by atoms with van der Waals surface area (Å²) in [6, 6.07) is 9.62. The summed E-state index contributed by atoms with van der Waals surface area (Å²) in [5.41, 5.74) is 2.01. The second-order valence-electron chi connectivity index (χ2n) is 4.61. The van der Waals surface area contributed by atoms with Crippen molar-refractivity contribution in [1.29, 1.82) is 0 Å². The number of rotatable bonds is 3. The third kappa shape index (κ3) is 3.53. The van der Waals surface area contributed by atoms with Gasteiger partial charge in [0.1, 0.15) is 0 Å². The molecule has 0 radical (unpaired) electrons. The van der Waals surface area contributed by atoms with E-state index in [1.54, 1.807) is 6.08 Å². The molecule has 0 aromatic heterocycles. The number of aliphatic hydroxyl groups excluding tert-OH is 1. The first-order valence-corrected chi connectivity index (χ1v) is 6.21. The summed E-state index contributed by atoms with van der Waals surface area (Å²) in [5.74, 6) is 0.206. The van der Waals surface area contributed by atoms with Gasteiger partial charge in [-0.3, -0.25) is 4.79 Å². The van der Waals surface area contributed by atoms with E-state index in [1.165, 1.54) is 0 Å². The highest BCUT2D eigenvalue weighted by Gasteiger charge is 2.13. The minimum atomic E-state index is -0.492. The van der Waals surface area contributed by atoms with E-state index in [0.717, 1.165) is 30.4 Å². The van der Waals surface area contributed by atoms with Gasteiger partial charge in [-0.05, 0) is 37.3 Å². The lowest BCUT2D eigenvalue weighted by atomic mass is 9.98. The van der Waals surface area contributed by atoms with Crippen molar-refractivity contribution in [1.82, 2.24) is 0 Å². The van der Waals surface area contributed by atoms with Gasteiger partial charge in [0.2, 0.25) is 0 Å². The maximum Gasteiger partial charge on any atom is 0.155 e. The average molecular weight is 230 g/mol. The zero-order valence-corrected chi connectivity index (χ0v) is 9.93. The van der Waals surface area contributed by atoms with Gasteiger partial charge >= 0.3 is 0 Å². The summed E-state index contributed by atoms with van der Waals surface area (Å²) in [4.78, 5) is 11.5. The van der Waals surface area contributed by atoms with E-state index in [1.807, 2.05) is 30.3 Å². The number of carbonyl (C=O) groups is 1. The van der Waals surface area contributed by atoms with Crippen LogP contribution in [0.25, 0.3) is 0 Å². The Bertz CT molecular complexity index is 406. The van der Waals surface area contributed by atoms with Crippen molar-refractivity contribution in [3.8, 4) is 0 Å². The molecule has 0 aliphatic heterocycles. The molecule has 0 unspecified atom stereocenters. The summed E-state index contributed by atoms with van der Waals surface area (Å²) in [6.07, 6.45) is 5.45. The Morgan fingerprint density at radius 1 is 1.12 bits per heavy atom. The van der Waals surface area contributed by atoms with E-state index < -0.39 is 6.10 Å². The van der Waals surface area contributed by atoms with E-state index in [9.17, 15) is 9.90 Å². The van der Waals surface area contributed by atoms with Crippen molar-refractivity contribution >= 4 is 5.78 Å². The number of hydrogen-bond acceptors (Lipinski definition) is 2. The van der Waals surface area contributed by atoms with Crippen molar-refractivity contribution in [3.05, 3.63) is 47.5 Å². The Morgan fingerprint density at radius 2 is 1.82 bits per heavy atom. The van der Waals surface area contributed by atoms with E-state index >= 15 is 0 Å². The van der Waals surface area contributed by atoms with Gasteiger partial charge in [-0.15, -0.1) is 0 Å². The third-order valence-electron chi connectivity index (χ3n) is 3.18.